The van der Waals surface area contributed by atoms with Crippen LogP contribution in [0.3, 0.4) is 0 Å². The summed E-state index contributed by atoms with van der Waals surface area (Å²) in [6.45, 7) is 1.31. The number of rotatable bonds is 7. The van der Waals surface area contributed by atoms with Crippen molar-refractivity contribution in [2.75, 3.05) is 17.0 Å². The molecule has 0 radical (unpaired) electrons. The number of hydrogen-bond acceptors (Lipinski definition) is 5. The molecule has 0 saturated heterocycles. The second kappa shape index (κ2) is 7.47. The minimum Gasteiger partial charge on any atom is -0.283 e. The maximum Gasteiger partial charge on any atom is 0.240 e. The van der Waals surface area contributed by atoms with E-state index in [1.807, 2.05) is 0 Å². The summed E-state index contributed by atoms with van der Waals surface area (Å²) in [5.41, 5.74) is 1.51. The maximum atomic E-state index is 12.4. The van der Waals surface area contributed by atoms with Crippen LogP contribution in [0.4, 0.5) is 5.69 Å². The van der Waals surface area contributed by atoms with Gasteiger partial charge in [-0.25, -0.2) is 26.1 Å². The third-order valence-electron chi connectivity index (χ3n) is 3.84. The summed E-state index contributed by atoms with van der Waals surface area (Å²) in [4.78, 5) is 0.0199. The van der Waals surface area contributed by atoms with Crippen molar-refractivity contribution in [1.29, 1.82) is 0 Å². The van der Waals surface area contributed by atoms with Gasteiger partial charge in [-0.3, -0.25) is 4.72 Å². The van der Waals surface area contributed by atoms with Gasteiger partial charge >= 0.3 is 0 Å². The molecule has 27 heavy (non-hydrogen) atoms. The van der Waals surface area contributed by atoms with Crippen molar-refractivity contribution >= 4 is 42.9 Å². The molecule has 144 valence electrons. The van der Waals surface area contributed by atoms with Crippen molar-refractivity contribution in [3.8, 4) is 0 Å². The molecule has 0 bridgehead atoms. The van der Waals surface area contributed by atoms with Gasteiger partial charge in [-0.2, -0.15) is 5.10 Å². The quantitative estimate of drug-likeness (QED) is 0.598. The predicted octanol–water partition coefficient (Wildman–Crippen LogP) is 2.02. The van der Waals surface area contributed by atoms with Crippen molar-refractivity contribution in [3.63, 3.8) is 0 Å². The summed E-state index contributed by atoms with van der Waals surface area (Å²) in [6, 6.07) is 9.45. The number of nitrogens with one attached hydrogen (secondary N) is 2. The first kappa shape index (κ1) is 19.6. The standard InChI is InChI=1S/C16H17ClN4O4S2/c1-12-15(17)3-2-4-16(12)27(24,25)19-8-10-26(22,23)20-13-6-9-21-14(11-13)5-7-18-21/h2-7,9,11,19-20H,8,10H2,1H3. The van der Waals surface area contributed by atoms with E-state index in [2.05, 4.69) is 14.5 Å². The molecule has 0 aliphatic rings. The molecule has 3 rings (SSSR count). The Labute approximate surface area is 162 Å². The molecule has 0 aliphatic heterocycles. The first-order valence-electron chi connectivity index (χ1n) is 7.87. The topological polar surface area (TPSA) is 110 Å². The van der Waals surface area contributed by atoms with Gasteiger partial charge in [0, 0.05) is 24.0 Å². The number of fused-ring (bicyclic) bond motifs is 1. The molecule has 0 unspecified atom stereocenters. The number of sulfonamides is 2. The van der Waals surface area contributed by atoms with E-state index in [0.717, 1.165) is 5.52 Å². The van der Waals surface area contributed by atoms with Gasteiger partial charge in [0.1, 0.15) is 0 Å². The summed E-state index contributed by atoms with van der Waals surface area (Å²) in [5, 5.41) is 4.35. The number of anilines is 1. The van der Waals surface area contributed by atoms with Crippen molar-refractivity contribution < 1.29 is 16.8 Å². The SMILES string of the molecule is Cc1c(Cl)cccc1S(=O)(=O)NCCS(=O)(=O)Nc1ccn2nccc2c1. The normalized spacial score (nSPS) is 12.4. The molecule has 0 aliphatic carbocycles. The van der Waals surface area contributed by atoms with Crippen molar-refractivity contribution in [3.05, 3.63) is 59.4 Å². The Bertz CT molecular complexity index is 1190. The molecule has 2 N–H and O–H groups in total. The molecule has 0 amide bonds. The lowest BCUT2D eigenvalue weighted by Gasteiger charge is -2.11. The van der Waals surface area contributed by atoms with Crippen LogP contribution in [0.15, 0.2) is 53.7 Å². The highest BCUT2D eigenvalue weighted by atomic mass is 35.5. The van der Waals surface area contributed by atoms with Crippen LogP contribution in [-0.2, 0) is 20.0 Å². The Kier molecular flexibility index (Phi) is 5.43. The highest BCUT2D eigenvalue weighted by Crippen LogP contribution is 2.22. The van der Waals surface area contributed by atoms with Gasteiger partial charge in [0.2, 0.25) is 20.0 Å². The van der Waals surface area contributed by atoms with Gasteiger partial charge < -0.3 is 0 Å². The fourth-order valence-electron chi connectivity index (χ4n) is 2.48. The van der Waals surface area contributed by atoms with Crippen molar-refractivity contribution in [2.24, 2.45) is 0 Å². The minimum absolute atomic E-state index is 0.0199. The molecular weight excluding hydrogens is 412 g/mol. The summed E-state index contributed by atoms with van der Waals surface area (Å²) in [6.07, 6.45) is 3.22. The zero-order valence-electron chi connectivity index (χ0n) is 14.3. The van der Waals surface area contributed by atoms with Crippen LogP contribution in [0.5, 0.6) is 0 Å². The molecule has 2 heterocycles. The summed E-state index contributed by atoms with van der Waals surface area (Å²) in [7, 11) is -7.61. The van der Waals surface area contributed by atoms with Crippen LogP contribution in [0.2, 0.25) is 5.02 Å². The summed E-state index contributed by atoms with van der Waals surface area (Å²) >= 11 is 5.95. The lowest BCUT2D eigenvalue weighted by molar-refractivity contribution is 0.581. The molecular formula is C16H17ClN4O4S2. The van der Waals surface area contributed by atoms with Gasteiger partial charge in [0.15, 0.2) is 0 Å². The van der Waals surface area contributed by atoms with Gasteiger partial charge in [0.05, 0.1) is 21.9 Å². The van der Waals surface area contributed by atoms with Gasteiger partial charge in [-0.1, -0.05) is 17.7 Å². The third-order valence-corrected chi connectivity index (χ3v) is 7.15. The zero-order valence-corrected chi connectivity index (χ0v) is 16.6. The number of aromatic nitrogens is 2. The molecule has 11 heteroatoms. The number of hydrogen-bond donors (Lipinski definition) is 2. The molecule has 1 aromatic carbocycles. The van der Waals surface area contributed by atoms with E-state index >= 15 is 0 Å². The third kappa shape index (κ3) is 4.59. The number of halogens is 1. The molecule has 2 aromatic heterocycles. The van der Waals surface area contributed by atoms with E-state index in [0.29, 0.717) is 16.3 Å². The minimum atomic E-state index is -3.87. The van der Waals surface area contributed by atoms with Gasteiger partial charge in [-0.05, 0) is 42.8 Å². The first-order valence-corrected chi connectivity index (χ1v) is 11.4. The van der Waals surface area contributed by atoms with Crippen molar-refractivity contribution in [2.45, 2.75) is 11.8 Å². The van der Waals surface area contributed by atoms with Crippen LogP contribution in [-0.4, -0.2) is 38.7 Å². The van der Waals surface area contributed by atoms with Crippen LogP contribution in [0, 0.1) is 6.92 Å². The Morgan fingerprint density at radius 3 is 2.70 bits per heavy atom. The largest absolute Gasteiger partial charge is 0.283 e. The van der Waals surface area contributed by atoms with E-state index in [1.54, 1.807) is 48.1 Å². The summed E-state index contributed by atoms with van der Waals surface area (Å²) in [5.74, 6) is -0.420. The molecule has 0 fully saturated rings. The molecule has 0 spiro atoms. The van der Waals surface area contributed by atoms with Crippen molar-refractivity contribution in [1.82, 2.24) is 14.3 Å². The second-order valence-corrected chi connectivity index (χ2v) is 9.78. The van der Waals surface area contributed by atoms with E-state index < -0.39 is 25.8 Å². The highest BCUT2D eigenvalue weighted by Gasteiger charge is 2.19. The fourth-order valence-corrected chi connectivity index (χ4v) is 5.10. The number of nitrogens with zero attached hydrogens (tertiary/aromatic N) is 2. The first-order chi connectivity index (χ1) is 12.7. The Morgan fingerprint density at radius 2 is 1.93 bits per heavy atom. The Morgan fingerprint density at radius 1 is 1.15 bits per heavy atom. The monoisotopic (exact) mass is 428 g/mol. The van der Waals surface area contributed by atoms with E-state index in [-0.39, 0.29) is 11.4 Å². The van der Waals surface area contributed by atoms with Crippen LogP contribution in [0.1, 0.15) is 5.56 Å². The number of benzene rings is 1. The van der Waals surface area contributed by atoms with Crippen LogP contribution in [0.25, 0.3) is 5.52 Å². The molecule has 0 atom stereocenters. The van der Waals surface area contributed by atoms with E-state index in [9.17, 15) is 16.8 Å². The van der Waals surface area contributed by atoms with E-state index in [4.69, 9.17) is 11.6 Å². The maximum absolute atomic E-state index is 12.4. The smallest absolute Gasteiger partial charge is 0.240 e. The van der Waals surface area contributed by atoms with Crippen LogP contribution < -0.4 is 9.44 Å². The van der Waals surface area contributed by atoms with E-state index in [1.165, 1.54) is 12.1 Å². The molecule has 3 aromatic rings. The molecule has 0 saturated carbocycles. The highest BCUT2D eigenvalue weighted by molar-refractivity contribution is 7.92. The zero-order chi connectivity index (χ0) is 19.7. The fraction of sp³-hybridized carbons (Fsp3) is 0.188. The van der Waals surface area contributed by atoms with Gasteiger partial charge in [-0.15, -0.1) is 0 Å². The second-order valence-electron chi connectivity index (χ2n) is 5.80. The predicted molar refractivity (Wildman–Crippen MR) is 104 cm³/mol. The molecule has 8 nitrogen and oxygen atoms in total. The lowest BCUT2D eigenvalue weighted by atomic mass is 10.2. The average Bonchev–Trinajstić information content (AvgIpc) is 3.04. The summed E-state index contributed by atoms with van der Waals surface area (Å²) < 4.78 is 55.5. The van der Waals surface area contributed by atoms with Gasteiger partial charge in [0.25, 0.3) is 0 Å². The Hall–Kier alpha value is -2.14. The average molecular weight is 429 g/mol. The van der Waals surface area contributed by atoms with Crippen LogP contribution >= 0.6 is 11.6 Å². The lowest BCUT2D eigenvalue weighted by Crippen LogP contribution is -2.31. The Balaban J connectivity index is 1.65. The number of pyridine rings is 1.